The van der Waals surface area contributed by atoms with Crippen molar-refractivity contribution >= 4 is 27.6 Å². The number of ether oxygens (including phenoxy) is 1. The molecule has 0 bridgehead atoms. The maximum Gasteiger partial charge on any atom is 0.337 e. The molecule has 0 aliphatic carbocycles. The maximum atomic E-state index is 11.1. The molecule has 4 nitrogen and oxygen atoms in total. The monoisotopic (exact) mass is 349 g/mol. The first-order valence-corrected chi connectivity index (χ1v) is 7.28. The van der Waals surface area contributed by atoms with Gasteiger partial charge < -0.3 is 15.6 Å². The molecular formula is C16H16BrNO3. The highest BCUT2D eigenvalue weighted by molar-refractivity contribution is 9.10. The average molecular weight is 350 g/mol. The summed E-state index contributed by atoms with van der Waals surface area (Å²) >= 11 is 3.44. The van der Waals surface area contributed by atoms with Crippen LogP contribution in [0.1, 0.15) is 35.7 Å². The summed E-state index contributed by atoms with van der Waals surface area (Å²) in [5, 5.41) is 9.09. The van der Waals surface area contributed by atoms with E-state index in [4.69, 9.17) is 15.6 Å². The number of carbonyl (C=O) groups is 1. The summed E-state index contributed by atoms with van der Waals surface area (Å²) in [6, 6.07) is 10.4. The van der Waals surface area contributed by atoms with Crippen molar-refractivity contribution in [2.45, 2.75) is 19.8 Å². The Hall–Kier alpha value is -2.01. The second kappa shape index (κ2) is 6.18. The van der Waals surface area contributed by atoms with Crippen molar-refractivity contribution in [3.8, 4) is 11.5 Å². The molecule has 5 heteroatoms. The molecule has 2 aromatic rings. The Bertz CT molecular complexity index is 683. The second-order valence-electron chi connectivity index (χ2n) is 4.96. The Kier molecular flexibility index (Phi) is 4.53. The number of benzene rings is 2. The van der Waals surface area contributed by atoms with E-state index in [9.17, 15) is 4.79 Å². The molecule has 0 radical (unpaired) electrons. The molecule has 0 heterocycles. The number of carboxylic acids is 1. The molecule has 3 N–H and O–H groups in total. The molecule has 0 saturated carbocycles. The van der Waals surface area contributed by atoms with Crippen LogP contribution in [-0.2, 0) is 0 Å². The molecule has 21 heavy (non-hydrogen) atoms. The molecule has 110 valence electrons. The van der Waals surface area contributed by atoms with E-state index < -0.39 is 5.97 Å². The van der Waals surface area contributed by atoms with Crippen LogP contribution in [0.2, 0.25) is 0 Å². The van der Waals surface area contributed by atoms with Crippen molar-refractivity contribution in [2.75, 3.05) is 5.73 Å². The number of rotatable bonds is 4. The summed E-state index contributed by atoms with van der Waals surface area (Å²) in [7, 11) is 0. The standard InChI is InChI=1S/C16H16BrNO3/c1-9(2)12-8-10(17)6-7-13(12)21-14-5-3-4-11(15(14)18)16(19)20/h3-9H,18H2,1-2H3,(H,19,20). The van der Waals surface area contributed by atoms with E-state index in [1.807, 2.05) is 18.2 Å². The third-order valence-corrected chi connectivity index (χ3v) is 3.60. The van der Waals surface area contributed by atoms with Crippen molar-refractivity contribution in [2.24, 2.45) is 0 Å². The van der Waals surface area contributed by atoms with E-state index in [2.05, 4.69) is 29.8 Å². The first-order chi connectivity index (χ1) is 9.90. The van der Waals surface area contributed by atoms with E-state index in [0.29, 0.717) is 11.5 Å². The van der Waals surface area contributed by atoms with Crippen molar-refractivity contribution in [3.63, 3.8) is 0 Å². The Labute approximate surface area is 131 Å². The predicted molar refractivity (Wildman–Crippen MR) is 86.1 cm³/mol. The quantitative estimate of drug-likeness (QED) is 0.788. The van der Waals surface area contributed by atoms with Gasteiger partial charge in [-0.15, -0.1) is 0 Å². The van der Waals surface area contributed by atoms with Crippen molar-refractivity contribution in [1.82, 2.24) is 0 Å². The van der Waals surface area contributed by atoms with Crippen LogP contribution < -0.4 is 10.5 Å². The molecule has 0 spiro atoms. The fourth-order valence-corrected chi connectivity index (χ4v) is 2.38. The fraction of sp³-hybridized carbons (Fsp3) is 0.188. The van der Waals surface area contributed by atoms with E-state index in [-0.39, 0.29) is 17.2 Å². The van der Waals surface area contributed by atoms with Crippen LogP contribution in [0.15, 0.2) is 40.9 Å². The van der Waals surface area contributed by atoms with Gasteiger partial charge in [0.15, 0.2) is 5.75 Å². The van der Waals surface area contributed by atoms with Gasteiger partial charge in [0, 0.05) is 4.47 Å². The number of aromatic carboxylic acids is 1. The van der Waals surface area contributed by atoms with E-state index in [1.54, 1.807) is 12.1 Å². The van der Waals surface area contributed by atoms with Gasteiger partial charge in [-0.1, -0.05) is 35.8 Å². The van der Waals surface area contributed by atoms with Crippen LogP contribution in [0.5, 0.6) is 11.5 Å². The highest BCUT2D eigenvalue weighted by Gasteiger charge is 2.15. The zero-order valence-corrected chi connectivity index (χ0v) is 13.3. The average Bonchev–Trinajstić information content (AvgIpc) is 2.42. The summed E-state index contributed by atoms with van der Waals surface area (Å²) in [4.78, 5) is 11.1. The molecule has 0 saturated heterocycles. The van der Waals surface area contributed by atoms with Crippen molar-refractivity contribution in [1.29, 1.82) is 0 Å². The van der Waals surface area contributed by atoms with Crippen molar-refractivity contribution in [3.05, 3.63) is 52.0 Å². The molecule has 2 aromatic carbocycles. The summed E-state index contributed by atoms with van der Waals surface area (Å²) in [6.07, 6.45) is 0. The number of nitrogens with two attached hydrogens (primary N) is 1. The fourth-order valence-electron chi connectivity index (χ4n) is 2.00. The van der Waals surface area contributed by atoms with Gasteiger partial charge in [-0.05, 0) is 41.8 Å². The third kappa shape index (κ3) is 3.36. The largest absolute Gasteiger partial charge is 0.478 e. The normalized spacial score (nSPS) is 10.7. The number of halogens is 1. The Morgan fingerprint density at radius 1 is 1.24 bits per heavy atom. The molecular weight excluding hydrogens is 334 g/mol. The highest BCUT2D eigenvalue weighted by atomic mass is 79.9. The summed E-state index contributed by atoms with van der Waals surface area (Å²) in [5.74, 6) is 0.209. The van der Waals surface area contributed by atoms with Gasteiger partial charge in [-0.2, -0.15) is 0 Å². The van der Waals surface area contributed by atoms with Gasteiger partial charge in [0.2, 0.25) is 0 Å². The zero-order chi connectivity index (χ0) is 15.6. The van der Waals surface area contributed by atoms with Gasteiger partial charge in [-0.3, -0.25) is 0 Å². The van der Waals surface area contributed by atoms with Crippen LogP contribution in [0, 0.1) is 0 Å². The second-order valence-corrected chi connectivity index (χ2v) is 5.88. The molecule has 0 fully saturated rings. The minimum Gasteiger partial charge on any atom is -0.478 e. The van der Waals surface area contributed by atoms with Crippen molar-refractivity contribution < 1.29 is 14.6 Å². The first-order valence-electron chi connectivity index (χ1n) is 6.49. The van der Waals surface area contributed by atoms with Crippen LogP contribution in [0.25, 0.3) is 0 Å². The number of para-hydroxylation sites is 1. The summed E-state index contributed by atoms with van der Waals surface area (Å²) in [5.41, 5.74) is 7.06. The summed E-state index contributed by atoms with van der Waals surface area (Å²) in [6.45, 7) is 4.12. The number of carboxylic acid groups (broad SMARTS) is 1. The SMILES string of the molecule is CC(C)c1cc(Br)ccc1Oc1cccc(C(=O)O)c1N. The lowest BCUT2D eigenvalue weighted by Gasteiger charge is -2.16. The topological polar surface area (TPSA) is 72.5 Å². The van der Waals surface area contributed by atoms with E-state index in [0.717, 1.165) is 10.0 Å². The van der Waals surface area contributed by atoms with Crippen LogP contribution in [0.3, 0.4) is 0 Å². The molecule has 0 aromatic heterocycles. The minimum absolute atomic E-state index is 0.0377. The zero-order valence-electron chi connectivity index (χ0n) is 11.8. The predicted octanol–water partition coefficient (Wildman–Crippen LogP) is 4.65. The molecule has 0 aliphatic rings. The Morgan fingerprint density at radius 2 is 1.95 bits per heavy atom. The van der Waals surface area contributed by atoms with Crippen LogP contribution >= 0.6 is 15.9 Å². The van der Waals surface area contributed by atoms with E-state index in [1.165, 1.54) is 6.07 Å². The maximum absolute atomic E-state index is 11.1. The highest BCUT2D eigenvalue weighted by Crippen LogP contribution is 2.35. The molecule has 0 amide bonds. The Morgan fingerprint density at radius 3 is 2.57 bits per heavy atom. The molecule has 0 atom stereocenters. The van der Waals surface area contributed by atoms with Crippen LogP contribution in [-0.4, -0.2) is 11.1 Å². The first kappa shape index (κ1) is 15.4. The smallest absolute Gasteiger partial charge is 0.337 e. The lowest BCUT2D eigenvalue weighted by atomic mass is 10.0. The van der Waals surface area contributed by atoms with E-state index >= 15 is 0 Å². The third-order valence-electron chi connectivity index (χ3n) is 3.11. The summed E-state index contributed by atoms with van der Waals surface area (Å²) < 4.78 is 6.80. The number of hydrogen-bond donors (Lipinski definition) is 2. The lowest BCUT2D eigenvalue weighted by Crippen LogP contribution is -2.04. The number of anilines is 1. The number of nitrogen functional groups attached to an aromatic ring is 1. The Balaban J connectivity index is 2.44. The van der Waals surface area contributed by atoms with Gasteiger partial charge in [-0.25, -0.2) is 4.79 Å². The van der Waals surface area contributed by atoms with Gasteiger partial charge in [0.1, 0.15) is 5.75 Å². The van der Waals surface area contributed by atoms with Crippen LogP contribution in [0.4, 0.5) is 5.69 Å². The van der Waals surface area contributed by atoms with Gasteiger partial charge >= 0.3 is 5.97 Å². The molecule has 2 rings (SSSR count). The molecule has 0 aliphatic heterocycles. The van der Waals surface area contributed by atoms with Gasteiger partial charge in [0.25, 0.3) is 0 Å². The molecule has 0 unspecified atom stereocenters. The minimum atomic E-state index is -1.07. The lowest BCUT2D eigenvalue weighted by molar-refractivity contribution is 0.0697. The number of hydrogen-bond acceptors (Lipinski definition) is 3. The van der Waals surface area contributed by atoms with Gasteiger partial charge in [0.05, 0.1) is 11.3 Å².